The molecule has 0 saturated carbocycles. The van der Waals surface area contributed by atoms with E-state index in [2.05, 4.69) is 31.4 Å². The Bertz CT molecular complexity index is 706. The highest BCUT2D eigenvalue weighted by Gasteiger charge is 2.14. The van der Waals surface area contributed by atoms with Gasteiger partial charge in [-0.25, -0.2) is 0 Å². The van der Waals surface area contributed by atoms with Crippen molar-refractivity contribution in [2.24, 2.45) is 5.73 Å². The van der Waals surface area contributed by atoms with E-state index in [1.807, 2.05) is 32.0 Å². The molecule has 0 atom stereocenters. The van der Waals surface area contributed by atoms with Crippen molar-refractivity contribution >= 4 is 44.6 Å². The average Bonchev–Trinajstić information content (AvgIpc) is 2.44. The minimum Gasteiger partial charge on any atom is -0.495 e. The van der Waals surface area contributed by atoms with Gasteiger partial charge >= 0.3 is 0 Å². The summed E-state index contributed by atoms with van der Waals surface area (Å²) in [5.41, 5.74) is 9.05. The molecule has 0 bridgehead atoms. The SMILES string of the molecule is COc1cc(Nc2nnc(C)c(C)c2C(N)=S)ccc1Br. The molecule has 5 nitrogen and oxygen atoms in total. The maximum Gasteiger partial charge on any atom is 0.163 e. The van der Waals surface area contributed by atoms with Crippen molar-refractivity contribution in [3.63, 3.8) is 0 Å². The number of anilines is 2. The second-order valence-corrected chi connectivity index (χ2v) is 5.77. The monoisotopic (exact) mass is 366 g/mol. The third-order valence-electron chi connectivity index (χ3n) is 3.11. The number of hydrogen-bond donors (Lipinski definition) is 2. The Hall–Kier alpha value is -1.73. The van der Waals surface area contributed by atoms with Crippen molar-refractivity contribution in [1.82, 2.24) is 10.2 Å². The van der Waals surface area contributed by atoms with Crippen LogP contribution in [0.4, 0.5) is 11.5 Å². The standard InChI is InChI=1S/C14H15BrN4OS/c1-7-8(2)18-19-14(12(7)13(16)21)17-9-4-5-10(15)11(6-9)20-3/h4-6H,1-3H3,(H2,16,21)(H,17,19). The van der Waals surface area contributed by atoms with Crippen LogP contribution in [0.3, 0.4) is 0 Å². The smallest absolute Gasteiger partial charge is 0.163 e. The lowest BCUT2D eigenvalue weighted by Gasteiger charge is -2.14. The molecule has 0 saturated heterocycles. The van der Waals surface area contributed by atoms with E-state index in [1.54, 1.807) is 7.11 Å². The lowest BCUT2D eigenvalue weighted by Crippen LogP contribution is -2.16. The number of aryl methyl sites for hydroxylation is 1. The molecule has 0 radical (unpaired) electrons. The molecule has 21 heavy (non-hydrogen) atoms. The van der Waals surface area contributed by atoms with E-state index in [9.17, 15) is 0 Å². The molecule has 0 aliphatic carbocycles. The normalized spacial score (nSPS) is 10.3. The Morgan fingerprint density at radius 3 is 2.67 bits per heavy atom. The van der Waals surface area contributed by atoms with E-state index in [4.69, 9.17) is 22.7 Å². The number of thiocarbonyl (C=S) groups is 1. The maximum absolute atomic E-state index is 5.81. The van der Waals surface area contributed by atoms with Gasteiger partial charge in [0.1, 0.15) is 10.7 Å². The van der Waals surface area contributed by atoms with Crippen molar-refractivity contribution in [2.45, 2.75) is 13.8 Å². The molecule has 1 heterocycles. The highest BCUT2D eigenvalue weighted by Crippen LogP contribution is 2.30. The van der Waals surface area contributed by atoms with Crippen molar-refractivity contribution < 1.29 is 4.74 Å². The molecule has 0 fully saturated rings. The first kappa shape index (κ1) is 15.7. The van der Waals surface area contributed by atoms with Crippen LogP contribution >= 0.6 is 28.1 Å². The van der Waals surface area contributed by atoms with Crippen molar-refractivity contribution in [3.8, 4) is 5.75 Å². The quantitative estimate of drug-likeness (QED) is 0.809. The Balaban J connectivity index is 2.44. The van der Waals surface area contributed by atoms with Gasteiger partial charge in [-0.1, -0.05) is 12.2 Å². The predicted molar refractivity (Wildman–Crippen MR) is 91.4 cm³/mol. The van der Waals surface area contributed by atoms with Gasteiger partial charge in [0.2, 0.25) is 0 Å². The Morgan fingerprint density at radius 1 is 1.33 bits per heavy atom. The number of nitrogens with two attached hydrogens (primary N) is 1. The van der Waals surface area contributed by atoms with Gasteiger partial charge in [-0.3, -0.25) is 0 Å². The van der Waals surface area contributed by atoms with Crippen LogP contribution in [0.25, 0.3) is 0 Å². The van der Waals surface area contributed by atoms with Gasteiger partial charge in [0.15, 0.2) is 5.82 Å². The van der Waals surface area contributed by atoms with Gasteiger partial charge < -0.3 is 15.8 Å². The number of hydrogen-bond acceptors (Lipinski definition) is 5. The van der Waals surface area contributed by atoms with Crippen LogP contribution in [0.1, 0.15) is 16.8 Å². The van der Waals surface area contributed by atoms with Crippen LogP contribution in [-0.4, -0.2) is 22.3 Å². The van der Waals surface area contributed by atoms with Gasteiger partial charge in [-0.05, 0) is 47.5 Å². The van der Waals surface area contributed by atoms with Crippen LogP contribution < -0.4 is 15.8 Å². The number of nitrogens with one attached hydrogen (secondary N) is 1. The molecule has 3 N–H and O–H groups in total. The lowest BCUT2D eigenvalue weighted by molar-refractivity contribution is 0.412. The van der Waals surface area contributed by atoms with E-state index >= 15 is 0 Å². The molecular weight excluding hydrogens is 352 g/mol. The van der Waals surface area contributed by atoms with Crippen molar-refractivity contribution in [1.29, 1.82) is 0 Å². The minimum absolute atomic E-state index is 0.289. The zero-order chi connectivity index (χ0) is 15.6. The molecule has 0 amide bonds. The van der Waals surface area contributed by atoms with Crippen molar-refractivity contribution in [3.05, 3.63) is 39.5 Å². The van der Waals surface area contributed by atoms with Crippen LogP contribution in [-0.2, 0) is 0 Å². The van der Waals surface area contributed by atoms with Gasteiger partial charge in [0.25, 0.3) is 0 Å². The van der Waals surface area contributed by atoms with Crippen LogP contribution in [0, 0.1) is 13.8 Å². The van der Waals surface area contributed by atoms with Gasteiger partial charge in [-0.15, -0.1) is 5.10 Å². The summed E-state index contributed by atoms with van der Waals surface area (Å²) in [4.78, 5) is 0.289. The highest BCUT2D eigenvalue weighted by atomic mass is 79.9. The third-order valence-corrected chi connectivity index (χ3v) is 3.97. The van der Waals surface area contributed by atoms with E-state index in [0.29, 0.717) is 17.1 Å². The van der Waals surface area contributed by atoms with Crippen LogP contribution in [0.2, 0.25) is 0 Å². The second kappa shape index (κ2) is 6.36. The summed E-state index contributed by atoms with van der Waals surface area (Å²) >= 11 is 8.53. The second-order valence-electron chi connectivity index (χ2n) is 4.47. The first-order valence-corrected chi connectivity index (χ1v) is 7.38. The number of halogens is 1. The number of methoxy groups -OCH3 is 1. The predicted octanol–water partition coefficient (Wildman–Crippen LogP) is 3.24. The number of nitrogens with zero attached hydrogens (tertiary/aromatic N) is 2. The number of aromatic nitrogens is 2. The number of ether oxygens (including phenoxy) is 1. The summed E-state index contributed by atoms with van der Waals surface area (Å²) in [5, 5.41) is 11.4. The van der Waals surface area contributed by atoms with Gasteiger partial charge in [0.05, 0.1) is 22.8 Å². The van der Waals surface area contributed by atoms with E-state index in [-0.39, 0.29) is 4.99 Å². The van der Waals surface area contributed by atoms with Crippen LogP contribution in [0.15, 0.2) is 22.7 Å². The molecule has 0 unspecified atom stereocenters. The van der Waals surface area contributed by atoms with Gasteiger partial charge in [0, 0.05) is 11.8 Å². The number of benzene rings is 1. The molecule has 0 spiro atoms. The van der Waals surface area contributed by atoms with Gasteiger partial charge in [-0.2, -0.15) is 5.10 Å². The molecule has 1 aromatic carbocycles. The first-order valence-electron chi connectivity index (χ1n) is 6.18. The van der Waals surface area contributed by atoms with E-state index < -0.39 is 0 Å². The fourth-order valence-corrected chi connectivity index (χ4v) is 2.53. The van der Waals surface area contributed by atoms with E-state index in [0.717, 1.165) is 21.4 Å². The van der Waals surface area contributed by atoms with E-state index in [1.165, 1.54) is 0 Å². The third kappa shape index (κ3) is 3.30. The highest BCUT2D eigenvalue weighted by molar-refractivity contribution is 9.10. The fourth-order valence-electron chi connectivity index (χ4n) is 1.87. The van der Waals surface area contributed by atoms with Crippen LogP contribution in [0.5, 0.6) is 5.75 Å². The molecule has 1 aromatic heterocycles. The maximum atomic E-state index is 5.81. The average molecular weight is 367 g/mol. The zero-order valence-corrected chi connectivity index (χ0v) is 14.3. The lowest BCUT2D eigenvalue weighted by atomic mass is 10.1. The first-order chi connectivity index (χ1) is 9.93. The molecule has 2 rings (SSSR count). The Kier molecular flexibility index (Phi) is 4.74. The molecule has 0 aliphatic heterocycles. The molecule has 110 valence electrons. The Morgan fingerprint density at radius 2 is 2.05 bits per heavy atom. The summed E-state index contributed by atoms with van der Waals surface area (Å²) in [6.45, 7) is 3.79. The Labute approximate surface area is 137 Å². The number of rotatable bonds is 4. The summed E-state index contributed by atoms with van der Waals surface area (Å²) in [6.07, 6.45) is 0. The summed E-state index contributed by atoms with van der Waals surface area (Å²) < 4.78 is 6.14. The summed E-state index contributed by atoms with van der Waals surface area (Å²) in [6, 6.07) is 5.63. The molecule has 2 aromatic rings. The molecular formula is C14H15BrN4OS. The topological polar surface area (TPSA) is 73.1 Å². The summed E-state index contributed by atoms with van der Waals surface area (Å²) in [7, 11) is 1.61. The fraction of sp³-hybridized carbons (Fsp3) is 0.214. The molecule has 7 heteroatoms. The van der Waals surface area contributed by atoms with Crippen molar-refractivity contribution in [2.75, 3.05) is 12.4 Å². The largest absolute Gasteiger partial charge is 0.495 e. The zero-order valence-electron chi connectivity index (χ0n) is 11.9. The minimum atomic E-state index is 0.289. The molecule has 0 aliphatic rings. The summed E-state index contributed by atoms with van der Waals surface area (Å²) in [5.74, 6) is 1.25.